The third-order valence-electron chi connectivity index (χ3n) is 1.58. The first-order chi connectivity index (χ1) is 5.84. The van der Waals surface area contributed by atoms with Crippen LogP contribution in [0.2, 0.25) is 5.02 Å². The second kappa shape index (κ2) is 3.65. The van der Waals surface area contributed by atoms with Crippen molar-refractivity contribution in [2.75, 3.05) is 0 Å². The maximum absolute atomic E-state index is 12.3. The summed E-state index contributed by atoms with van der Waals surface area (Å²) in [7, 11) is 0. The van der Waals surface area contributed by atoms with Crippen molar-refractivity contribution in [3.63, 3.8) is 0 Å². The monoisotopic (exact) mass is 320 g/mol. The first kappa shape index (κ1) is 11.1. The van der Waals surface area contributed by atoms with E-state index in [0.29, 0.717) is 3.57 Å². The highest BCUT2D eigenvalue weighted by Gasteiger charge is 2.33. The Morgan fingerprint density at radius 1 is 1.31 bits per heavy atom. The van der Waals surface area contributed by atoms with E-state index < -0.39 is 11.7 Å². The minimum atomic E-state index is -4.37. The normalized spacial score (nSPS) is 11.8. The molecule has 0 atom stereocenters. The lowest BCUT2D eigenvalue weighted by Crippen LogP contribution is -2.06. The van der Waals surface area contributed by atoms with Crippen molar-refractivity contribution in [2.24, 2.45) is 0 Å². The molecule has 0 aliphatic carbocycles. The number of hydrogen-bond donors (Lipinski definition) is 0. The van der Waals surface area contributed by atoms with Gasteiger partial charge < -0.3 is 0 Å². The number of aryl methyl sites for hydroxylation is 1. The van der Waals surface area contributed by atoms with Crippen molar-refractivity contribution in [1.82, 2.24) is 0 Å². The third-order valence-corrected chi connectivity index (χ3v) is 3.68. The molecule has 0 fully saturated rings. The molecule has 1 aromatic carbocycles. The van der Waals surface area contributed by atoms with Gasteiger partial charge in [-0.2, -0.15) is 13.2 Å². The van der Waals surface area contributed by atoms with Gasteiger partial charge >= 0.3 is 6.18 Å². The quantitative estimate of drug-likeness (QED) is 0.626. The van der Waals surface area contributed by atoms with Crippen LogP contribution in [0.15, 0.2) is 12.1 Å². The fourth-order valence-corrected chi connectivity index (χ4v) is 1.65. The van der Waals surface area contributed by atoms with Gasteiger partial charge in [-0.15, -0.1) is 0 Å². The van der Waals surface area contributed by atoms with Gasteiger partial charge in [0.1, 0.15) is 0 Å². The molecule has 0 nitrogen and oxygen atoms in total. The van der Waals surface area contributed by atoms with Crippen molar-refractivity contribution in [1.29, 1.82) is 0 Å². The van der Waals surface area contributed by atoms with Crippen LogP contribution in [0, 0.1) is 10.5 Å². The molecule has 0 amide bonds. The Balaban J connectivity index is 3.35. The third kappa shape index (κ3) is 2.28. The predicted octanol–water partition coefficient (Wildman–Crippen LogP) is 4.27. The number of hydrogen-bond acceptors (Lipinski definition) is 0. The van der Waals surface area contributed by atoms with E-state index in [1.807, 2.05) is 0 Å². The van der Waals surface area contributed by atoms with Gasteiger partial charge in [-0.1, -0.05) is 17.7 Å². The number of halogens is 5. The van der Waals surface area contributed by atoms with Gasteiger partial charge in [-0.3, -0.25) is 0 Å². The van der Waals surface area contributed by atoms with Gasteiger partial charge in [0.2, 0.25) is 0 Å². The zero-order valence-corrected chi connectivity index (χ0v) is 9.46. The molecule has 0 spiro atoms. The average molecular weight is 320 g/mol. The highest BCUT2D eigenvalue weighted by Crippen LogP contribution is 2.37. The fraction of sp³-hybridized carbons (Fsp3) is 0.250. The van der Waals surface area contributed by atoms with E-state index in [9.17, 15) is 13.2 Å². The topological polar surface area (TPSA) is 0 Å². The van der Waals surface area contributed by atoms with Crippen molar-refractivity contribution >= 4 is 34.2 Å². The van der Waals surface area contributed by atoms with Crippen LogP contribution in [0.1, 0.15) is 11.1 Å². The van der Waals surface area contributed by atoms with Crippen LogP contribution in [-0.2, 0) is 6.18 Å². The molecule has 0 aromatic heterocycles. The number of alkyl halides is 3. The minimum Gasteiger partial charge on any atom is -0.166 e. The lowest BCUT2D eigenvalue weighted by Gasteiger charge is -2.10. The molecule has 13 heavy (non-hydrogen) atoms. The number of benzene rings is 1. The first-order valence-electron chi connectivity index (χ1n) is 3.36. The van der Waals surface area contributed by atoms with E-state index in [4.69, 9.17) is 11.6 Å². The summed E-state index contributed by atoms with van der Waals surface area (Å²) in [5, 5.41) is -0.215. The smallest absolute Gasteiger partial charge is 0.166 e. The van der Waals surface area contributed by atoms with Crippen LogP contribution in [0.5, 0.6) is 0 Å². The number of rotatable bonds is 0. The lowest BCUT2D eigenvalue weighted by molar-refractivity contribution is -0.137. The maximum atomic E-state index is 12.3. The molecule has 0 saturated heterocycles. The summed E-state index contributed by atoms with van der Waals surface area (Å²) in [6.45, 7) is 1.72. The molecule has 72 valence electrons. The Kier molecular flexibility index (Phi) is 3.12. The predicted molar refractivity (Wildman–Crippen MR) is 53.9 cm³/mol. The maximum Gasteiger partial charge on any atom is 0.417 e. The summed E-state index contributed by atoms with van der Waals surface area (Å²) in [6, 6.07) is 2.41. The zero-order valence-electron chi connectivity index (χ0n) is 6.54. The summed E-state index contributed by atoms with van der Waals surface area (Å²) in [6.07, 6.45) is -4.37. The van der Waals surface area contributed by atoms with Gasteiger partial charge in [-0.25, -0.2) is 0 Å². The van der Waals surface area contributed by atoms with E-state index in [-0.39, 0.29) is 5.02 Å². The molecule has 1 aromatic rings. The molecule has 0 N–H and O–H groups in total. The highest BCUT2D eigenvalue weighted by atomic mass is 127. The molecule has 1 rings (SSSR count). The Hall–Kier alpha value is 0.0300. The van der Waals surface area contributed by atoms with Crippen LogP contribution in [0.4, 0.5) is 13.2 Å². The summed E-state index contributed by atoms with van der Waals surface area (Å²) in [4.78, 5) is 0. The summed E-state index contributed by atoms with van der Waals surface area (Å²) in [5.41, 5.74) is -0.0252. The molecule has 0 bridgehead atoms. The van der Waals surface area contributed by atoms with E-state index in [1.165, 1.54) is 6.07 Å². The molecule has 0 saturated carbocycles. The van der Waals surface area contributed by atoms with Crippen molar-refractivity contribution in [3.8, 4) is 0 Å². The Morgan fingerprint density at radius 2 is 1.85 bits per heavy atom. The van der Waals surface area contributed by atoms with Gasteiger partial charge in [0.05, 0.1) is 10.6 Å². The van der Waals surface area contributed by atoms with Gasteiger partial charge in [-0.05, 0) is 41.1 Å². The molecule has 0 heterocycles. The van der Waals surface area contributed by atoms with Crippen LogP contribution in [-0.4, -0.2) is 0 Å². The Labute approximate surface area is 92.2 Å². The zero-order chi connectivity index (χ0) is 10.2. The molecule has 0 aliphatic rings. The van der Waals surface area contributed by atoms with Gasteiger partial charge in [0.25, 0.3) is 0 Å². The van der Waals surface area contributed by atoms with Crippen molar-refractivity contribution < 1.29 is 13.2 Å². The van der Waals surface area contributed by atoms with Crippen molar-refractivity contribution in [3.05, 3.63) is 31.9 Å². The SMILES string of the molecule is Cc1ccc(C(F)(F)F)c(Cl)c1I. The summed E-state index contributed by atoms with van der Waals surface area (Å²) < 4.78 is 37.3. The standard InChI is InChI=1S/C8H5ClF3I/c1-4-2-3-5(8(10,11)12)6(9)7(4)13/h2-3H,1H3. The van der Waals surface area contributed by atoms with Crippen LogP contribution in [0.3, 0.4) is 0 Å². The fourth-order valence-electron chi connectivity index (χ4n) is 0.865. The molecule has 5 heteroatoms. The van der Waals surface area contributed by atoms with Gasteiger partial charge in [0.15, 0.2) is 0 Å². The molecule has 0 aliphatic heterocycles. The van der Waals surface area contributed by atoms with E-state index in [2.05, 4.69) is 0 Å². The second-order valence-corrected chi connectivity index (χ2v) is 4.01. The van der Waals surface area contributed by atoms with Crippen LogP contribution >= 0.6 is 34.2 Å². The van der Waals surface area contributed by atoms with Gasteiger partial charge in [0, 0.05) is 3.57 Å². The average Bonchev–Trinajstić information content (AvgIpc) is 1.98. The molecule has 0 unspecified atom stereocenters. The summed E-state index contributed by atoms with van der Waals surface area (Å²) >= 11 is 7.36. The Morgan fingerprint density at radius 3 is 2.31 bits per heavy atom. The molecular weight excluding hydrogens is 315 g/mol. The van der Waals surface area contributed by atoms with E-state index in [0.717, 1.165) is 11.6 Å². The van der Waals surface area contributed by atoms with Crippen LogP contribution < -0.4 is 0 Å². The van der Waals surface area contributed by atoms with Crippen molar-refractivity contribution in [2.45, 2.75) is 13.1 Å². The van der Waals surface area contributed by atoms with E-state index >= 15 is 0 Å². The Bertz CT molecular complexity index is 333. The first-order valence-corrected chi connectivity index (χ1v) is 4.81. The lowest BCUT2D eigenvalue weighted by atomic mass is 10.1. The largest absolute Gasteiger partial charge is 0.417 e. The highest BCUT2D eigenvalue weighted by molar-refractivity contribution is 14.1. The van der Waals surface area contributed by atoms with E-state index in [1.54, 1.807) is 29.5 Å². The summed E-state index contributed by atoms with van der Waals surface area (Å²) in [5.74, 6) is 0. The second-order valence-electron chi connectivity index (χ2n) is 2.56. The molecular formula is C8H5ClF3I. The van der Waals surface area contributed by atoms with Crippen LogP contribution in [0.25, 0.3) is 0 Å². The minimum absolute atomic E-state index is 0.215. The molecule has 0 radical (unpaired) electrons.